The second-order valence-corrected chi connectivity index (χ2v) is 0. The summed E-state index contributed by atoms with van der Waals surface area (Å²) >= 11 is 0. The molecule has 0 aromatic heterocycles. The van der Waals surface area contributed by atoms with Gasteiger partial charge in [0.2, 0.25) is 0 Å². The van der Waals surface area contributed by atoms with Gasteiger partial charge < -0.3 is 5.48 Å². The Morgan fingerprint density at radius 2 is 0.750 bits per heavy atom. The molecule has 0 fully saturated rings. The Labute approximate surface area is 67.7 Å². The van der Waals surface area contributed by atoms with Gasteiger partial charge in [-0.3, -0.25) is 0 Å². The van der Waals surface area contributed by atoms with E-state index in [4.69, 9.17) is 0 Å². The average Bonchev–Trinajstić information content (AvgIpc) is 0. The molecule has 0 bridgehead atoms. The van der Waals surface area contributed by atoms with Gasteiger partial charge in [-0.15, -0.1) is 0 Å². The molecule has 0 amide bonds. The van der Waals surface area contributed by atoms with Crippen LogP contribution >= 0.6 is 0 Å². The second-order valence-electron chi connectivity index (χ2n) is 0. The van der Waals surface area contributed by atoms with Crippen LogP contribution < -0.4 is 0 Å². The summed E-state index contributed by atoms with van der Waals surface area (Å²) in [5.74, 6) is 0. The molecule has 0 spiro atoms. The predicted molar refractivity (Wildman–Crippen MR) is 10.8 cm³/mol. The standard InChI is InChI=1S/H2O.Sn.2Zn.H/h1H2;;;;. The molecular weight excluding hydrogens is 265 g/mol. The molecule has 2 N–H and O–H groups in total. The molecule has 0 saturated heterocycles. The Balaban J connectivity index is 0. The van der Waals surface area contributed by atoms with Crippen LogP contribution in [0.1, 0.15) is 0 Å². The van der Waals surface area contributed by atoms with Crippen molar-refractivity contribution in [3.8, 4) is 0 Å². The van der Waals surface area contributed by atoms with Gasteiger partial charge in [0.05, 0.1) is 0 Å². The van der Waals surface area contributed by atoms with E-state index in [-0.39, 0.29) is 68.3 Å². The van der Waals surface area contributed by atoms with Crippen molar-refractivity contribution in [2.75, 3.05) is 0 Å². The van der Waals surface area contributed by atoms with Gasteiger partial charge in [0.25, 0.3) is 0 Å². The third kappa shape index (κ3) is 9.00. The minimum Gasteiger partial charge on any atom is 0 e. The molecule has 0 aliphatic rings. The van der Waals surface area contributed by atoms with E-state index in [1.807, 2.05) is 0 Å². The summed E-state index contributed by atoms with van der Waals surface area (Å²) in [6, 6.07) is 0. The van der Waals surface area contributed by atoms with Crippen molar-refractivity contribution in [2.45, 2.75) is 0 Å². The van der Waals surface area contributed by atoms with Crippen molar-refractivity contribution >= 4 is 23.9 Å². The van der Waals surface area contributed by atoms with E-state index >= 15 is 0 Å². The van der Waals surface area contributed by atoms with E-state index in [1.54, 1.807) is 0 Å². The fourth-order valence-electron chi connectivity index (χ4n) is 0. The van der Waals surface area contributed by atoms with Crippen LogP contribution in [0.4, 0.5) is 0 Å². The molecule has 0 aromatic rings. The Morgan fingerprint density at radius 1 is 0.750 bits per heavy atom. The summed E-state index contributed by atoms with van der Waals surface area (Å²) in [5.41, 5.74) is 0. The summed E-state index contributed by atoms with van der Waals surface area (Å²) in [7, 11) is 0. The first-order chi connectivity index (χ1) is 0. The minimum atomic E-state index is 0. The van der Waals surface area contributed by atoms with Crippen LogP contribution in [0.25, 0.3) is 0 Å². The quantitative estimate of drug-likeness (QED) is 0.480. The van der Waals surface area contributed by atoms with Crippen LogP contribution in [0, 0.1) is 0 Å². The fraction of sp³-hybridized carbons (Fsp3) is 0. The van der Waals surface area contributed by atoms with E-state index < -0.39 is 0 Å². The zero-order chi connectivity index (χ0) is 0. The maximum atomic E-state index is 0. The number of hydrogen-bond acceptors (Lipinski definition) is 0. The van der Waals surface area contributed by atoms with E-state index in [1.165, 1.54) is 0 Å². The van der Waals surface area contributed by atoms with Gasteiger partial charge in [0, 0.05) is 39.0 Å². The maximum absolute atomic E-state index is 0. The SMILES string of the molecule is O.[SnH].[Zn].[Zn]. The van der Waals surface area contributed by atoms with Crippen LogP contribution in [0.15, 0.2) is 0 Å². The average molecular weight is 269 g/mol. The maximum Gasteiger partial charge on any atom is 0 e. The molecule has 1 nitrogen and oxygen atoms in total. The third-order valence-electron chi connectivity index (χ3n) is 0. The molecule has 3 radical (unpaired) electrons. The first-order valence-corrected chi connectivity index (χ1v) is 0. The van der Waals surface area contributed by atoms with Crippen molar-refractivity contribution < 1.29 is 44.4 Å². The van der Waals surface area contributed by atoms with Gasteiger partial charge in [-0.2, -0.15) is 0 Å². The fourth-order valence-corrected chi connectivity index (χ4v) is 0. The van der Waals surface area contributed by atoms with Crippen molar-refractivity contribution in [2.24, 2.45) is 0 Å². The van der Waals surface area contributed by atoms with Gasteiger partial charge in [0.1, 0.15) is 0 Å². The van der Waals surface area contributed by atoms with Crippen molar-refractivity contribution in [1.29, 1.82) is 0 Å². The van der Waals surface area contributed by atoms with Gasteiger partial charge in [-0.25, -0.2) is 0 Å². The van der Waals surface area contributed by atoms with Crippen molar-refractivity contribution in [3.63, 3.8) is 0 Å². The zero-order valence-electron chi connectivity index (χ0n) is 2.49. The molecule has 0 aliphatic carbocycles. The zero-order valence-corrected chi connectivity index (χ0v) is 11.7. The van der Waals surface area contributed by atoms with Gasteiger partial charge in [-0.1, -0.05) is 0 Å². The summed E-state index contributed by atoms with van der Waals surface area (Å²) in [6.45, 7) is 0. The predicted octanol–water partition coefficient (Wildman–Crippen LogP) is -1.48. The summed E-state index contributed by atoms with van der Waals surface area (Å²) in [6.07, 6.45) is 0. The van der Waals surface area contributed by atoms with Crippen molar-refractivity contribution in [1.82, 2.24) is 0 Å². The molecule has 0 aliphatic heterocycles. The third-order valence-corrected chi connectivity index (χ3v) is 0. The van der Waals surface area contributed by atoms with Crippen LogP contribution in [0.5, 0.6) is 0 Å². The van der Waals surface area contributed by atoms with Crippen molar-refractivity contribution in [3.05, 3.63) is 0 Å². The van der Waals surface area contributed by atoms with E-state index in [0.717, 1.165) is 0 Å². The van der Waals surface area contributed by atoms with E-state index in [9.17, 15) is 0 Å². The molecule has 0 rings (SSSR count). The minimum absolute atomic E-state index is 0. The van der Waals surface area contributed by atoms with Gasteiger partial charge in [0.15, 0.2) is 0 Å². The Bertz CT molecular complexity index is 6.00. The van der Waals surface area contributed by atoms with Crippen LogP contribution in [0.2, 0.25) is 0 Å². The second kappa shape index (κ2) is 20.0. The van der Waals surface area contributed by atoms with E-state index in [0.29, 0.717) is 0 Å². The summed E-state index contributed by atoms with van der Waals surface area (Å²) < 4.78 is 0. The molecule has 0 atom stereocenters. The number of rotatable bonds is 0. The molecule has 17 valence electrons. The first-order valence-electron chi connectivity index (χ1n) is 0. The Morgan fingerprint density at radius 3 is 0.750 bits per heavy atom. The monoisotopic (exact) mass is 267 g/mol. The first kappa shape index (κ1) is 37.4. The largest absolute Gasteiger partial charge is 0 e. The topological polar surface area (TPSA) is 31.5 Å². The normalized spacial score (nSPS) is 0. The Kier molecular flexibility index (Phi) is 187. The molecule has 0 aromatic carbocycles. The molecule has 0 saturated carbocycles. The van der Waals surface area contributed by atoms with Gasteiger partial charge in [-0.05, 0) is 0 Å². The summed E-state index contributed by atoms with van der Waals surface area (Å²) in [5, 5.41) is 0. The van der Waals surface area contributed by atoms with E-state index in [2.05, 4.69) is 0 Å². The molecule has 4 heavy (non-hydrogen) atoms. The summed E-state index contributed by atoms with van der Waals surface area (Å²) in [4.78, 5) is 0. The van der Waals surface area contributed by atoms with Crippen LogP contribution in [0.3, 0.4) is 0 Å². The van der Waals surface area contributed by atoms with Crippen LogP contribution in [-0.2, 0) is 39.0 Å². The molecular formula is H3OSnZn2. The van der Waals surface area contributed by atoms with Gasteiger partial charge >= 0.3 is 23.9 Å². The number of hydrogen-bond donors (Lipinski definition) is 0. The molecule has 0 heterocycles. The molecule has 0 unspecified atom stereocenters. The van der Waals surface area contributed by atoms with Crippen LogP contribution in [-0.4, -0.2) is 29.4 Å². The molecule has 4 heteroatoms. The Hall–Kier alpha value is 2.01. The smallest absolute Gasteiger partial charge is 0 e.